The monoisotopic (exact) mass is 458 g/mol. The van der Waals surface area contributed by atoms with Crippen LogP contribution in [0.25, 0.3) is 0 Å². The van der Waals surface area contributed by atoms with Gasteiger partial charge in [0.05, 0.1) is 0 Å². The molecule has 34 heavy (non-hydrogen) atoms. The number of fused-ring (bicyclic) bond motifs is 1. The van der Waals surface area contributed by atoms with Crippen LogP contribution >= 0.6 is 0 Å². The van der Waals surface area contributed by atoms with Gasteiger partial charge in [-0.15, -0.1) is 0 Å². The standard InChI is InChI=1S/C25H22N4O5/c30-24-26-22-23(28(24)17-33-20-12-6-2-7-13-20)29(18-34-21-14-8-3-9-15-21)25(31)27(22)16-32-19-10-4-1-5-11-19/h1-15,23H,16-18H2. The highest BCUT2D eigenvalue weighted by molar-refractivity contribution is 6.14. The number of rotatable bonds is 9. The summed E-state index contributed by atoms with van der Waals surface area (Å²) in [7, 11) is 0. The summed E-state index contributed by atoms with van der Waals surface area (Å²) in [6.07, 6.45) is -0.771. The molecule has 9 nitrogen and oxygen atoms in total. The van der Waals surface area contributed by atoms with Gasteiger partial charge in [0.1, 0.15) is 17.2 Å². The highest BCUT2D eigenvalue weighted by Crippen LogP contribution is 2.28. The fourth-order valence-corrected chi connectivity index (χ4v) is 3.68. The van der Waals surface area contributed by atoms with E-state index in [0.717, 1.165) is 0 Å². The van der Waals surface area contributed by atoms with Gasteiger partial charge in [-0.3, -0.25) is 9.80 Å². The molecule has 0 aromatic heterocycles. The van der Waals surface area contributed by atoms with E-state index in [0.29, 0.717) is 17.2 Å². The Balaban J connectivity index is 1.36. The summed E-state index contributed by atoms with van der Waals surface area (Å²) in [5, 5.41) is 0. The van der Waals surface area contributed by atoms with Crippen LogP contribution in [0.3, 0.4) is 0 Å². The lowest BCUT2D eigenvalue weighted by molar-refractivity contribution is 0.0541. The minimum Gasteiger partial charge on any atom is -0.473 e. The van der Waals surface area contributed by atoms with Crippen molar-refractivity contribution in [2.45, 2.75) is 6.17 Å². The zero-order valence-corrected chi connectivity index (χ0v) is 18.2. The second-order valence-electron chi connectivity index (χ2n) is 7.54. The van der Waals surface area contributed by atoms with Gasteiger partial charge in [-0.2, -0.15) is 4.99 Å². The minimum atomic E-state index is -0.771. The Morgan fingerprint density at radius 3 is 1.56 bits per heavy atom. The zero-order chi connectivity index (χ0) is 23.3. The average molecular weight is 458 g/mol. The number of hydrogen-bond donors (Lipinski definition) is 0. The summed E-state index contributed by atoms with van der Waals surface area (Å²) in [6.45, 7) is -0.257. The number of amidine groups is 1. The molecule has 172 valence electrons. The second-order valence-corrected chi connectivity index (χ2v) is 7.54. The van der Waals surface area contributed by atoms with E-state index in [9.17, 15) is 9.59 Å². The van der Waals surface area contributed by atoms with Crippen LogP contribution in [0.1, 0.15) is 0 Å². The SMILES string of the molecule is O=C1N=C2C(N1COc1ccccc1)N(COc1ccccc1)C(=O)N2COc1ccccc1. The number of amides is 4. The lowest BCUT2D eigenvalue weighted by atomic mass is 10.3. The second kappa shape index (κ2) is 9.53. The number of carbonyl (C=O) groups excluding carboxylic acids is 2. The maximum absolute atomic E-state index is 13.3. The normalized spacial score (nSPS) is 17.0. The third-order valence-corrected chi connectivity index (χ3v) is 5.36. The van der Waals surface area contributed by atoms with Crippen LogP contribution in [0.5, 0.6) is 17.2 Å². The molecule has 1 saturated heterocycles. The molecule has 0 saturated carbocycles. The van der Waals surface area contributed by atoms with Crippen LogP contribution in [-0.2, 0) is 0 Å². The Labute approximate surface area is 196 Å². The molecule has 1 fully saturated rings. The van der Waals surface area contributed by atoms with Crippen molar-refractivity contribution < 1.29 is 23.8 Å². The lowest BCUT2D eigenvalue weighted by Crippen LogP contribution is -2.49. The van der Waals surface area contributed by atoms with Crippen molar-refractivity contribution in [1.29, 1.82) is 0 Å². The van der Waals surface area contributed by atoms with Crippen LogP contribution in [0, 0.1) is 0 Å². The molecule has 5 rings (SSSR count). The quantitative estimate of drug-likeness (QED) is 0.484. The van der Waals surface area contributed by atoms with Crippen molar-refractivity contribution >= 4 is 17.9 Å². The van der Waals surface area contributed by atoms with Gasteiger partial charge >= 0.3 is 12.1 Å². The first kappa shape index (κ1) is 21.3. The molecule has 0 radical (unpaired) electrons. The van der Waals surface area contributed by atoms with Gasteiger partial charge in [0.2, 0.25) is 0 Å². The topological polar surface area (TPSA) is 83.9 Å². The Morgan fingerprint density at radius 2 is 1.06 bits per heavy atom. The van der Waals surface area contributed by atoms with E-state index in [-0.39, 0.29) is 32.1 Å². The first-order valence-electron chi connectivity index (χ1n) is 10.7. The molecular weight excluding hydrogens is 436 g/mol. The van der Waals surface area contributed by atoms with Crippen molar-refractivity contribution in [2.24, 2.45) is 4.99 Å². The average Bonchev–Trinajstić information content (AvgIpc) is 3.33. The van der Waals surface area contributed by atoms with E-state index in [4.69, 9.17) is 14.2 Å². The van der Waals surface area contributed by atoms with E-state index in [1.165, 1.54) is 14.7 Å². The Kier molecular flexibility index (Phi) is 5.98. The third-order valence-electron chi connectivity index (χ3n) is 5.36. The molecule has 2 heterocycles. The number of carbonyl (C=O) groups is 2. The number of hydrogen-bond acceptors (Lipinski definition) is 5. The summed E-state index contributed by atoms with van der Waals surface area (Å²) in [5.74, 6) is 2.08. The van der Waals surface area contributed by atoms with Crippen molar-refractivity contribution in [1.82, 2.24) is 14.7 Å². The first-order chi connectivity index (χ1) is 16.7. The van der Waals surface area contributed by atoms with Crippen molar-refractivity contribution in [3.05, 3.63) is 91.0 Å². The Morgan fingerprint density at radius 1 is 0.618 bits per heavy atom. The van der Waals surface area contributed by atoms with Crippen LogP contribution in [0.2, 0.25) is 0 Å². The zero-order valence-electron chi connectivity index (χ0n) is 18.2. The summed E-state index contributed by atoms with van der Waals surface area (Å²) in [5.41, 5.74) is 0. The summed E-state index contributed by atoms with van der Waals surface area (Å²) in [6, 6.07) is 26.5. The molecule has 0 N–H and O–H groups in total. The first-order valence-corrected chi connectivity index (χ1v) is 10.7. The van der Waals surface area contributed by atoms with Crippen molar-refractivity contribution in [2.75, 3.05) is 20.2 Å². The van der Waals surface area contributed by atoms with Crippen LogP contribution in [0.15, 0.2) is 96.0 Å². The maximum atomic E-state index is 13.3. The van der Waals surface area contributed by atoms with E-state index in [1.54, 1.807) is 36.4 Å². The van der Waals surface area contributed by atoms with Gasteiger partial charge in [0.15, 0.2) is 32.2 Å². The van der Waals surface area contributed by atoms with E-state index < -0.39 is 12.2 Å². The molecule has 2 aliphatic rings. The predicted molar refractivity (Wildman–Crippen MR) is 123 cm³/mol. The highest BCUT2D eigenvalue weighted by Gasteiger charge is 2.52. The number of benzene rings is 3. The van der Waals surface area contributed by atoms with Crippen LogP contribution in [-0.4, -0.2) is 59.0 Å². The number of urea groups is 2. The van der Waals surface area contributed by atoms with Gasteiger partial charge in [0.25, 0.3) is 0 Å². The molecule has 4 amide bonds. The molecule has 3 aromatic carbocycles. The Bertz CT molecular complexity index is 1170. The van der Waals surface area contributed by atoms with Gasteiger partial charge < -0.3 is 14.2 Å². The summed E-state index contributed by atoms with van der Waals surface area (Å²) < 4.78 is 17.4. The minimum absolute atomic E-state index is 0.0799. The molecule has 2 aliphatic heterocycles. The van der Waals surface area contributed by atoms with Gasteiger partial charge in [-0.1, -0.05) is 54.6 Å². The van der Waals surface area contributed by atoms with Gasteiger partial charge in [-0.05, 0) is 36.4 Å². The highest BCUT2D eigenvalue weighted by atomic mass is 16.5. The van der Waals surface area contributed by atoms with Crippen molar-refractivity contribution in [3.8, 4) is 17.2 Å². The Hall–Kier alpha value is -4.53. The van der Waals surface area contributed by atoms with E-state index in [2.05, 4.69) is 4.99 Å². The molecule has 9 heteroatoms. The molecule has 3 aromatic rings. The number of nitrogens with zero attached hydrogens (tertiary/aromatic N) is 4. The van der Waals surface area contributed by atoms with Crippen LogP contribution < -0.4 is 14.2 Å². The largest absolute Gasteiger partial charge is 0.473 e. The summed E-state index contributed by atoms with van der Waals surface area (Å²) >= 11 is 0. The number of aliphatic imine (C=N–C) groups is 1. The molecule has 1 unspecified atom stereocenters. The maximum Gasteiger partial charge on any atom is 0.350 e. The summed E-state index contributed by atoms with van der Waals surface area (Å²) in [4.78, 5) is 34.4. The fourth-order valence-electron chi connectivity index (χ4n) is 3.68. The predicted octanol–water partition coefficient (Wildman–Crippen LogP) is 3.99. The molecule has 1 atom stereocenters. The number of ether oxygens (including phenoxy) is 3. The number of para-hydroxylation sites is 3. The molecule has 0 bridgehead atoms. The van der Waals surface area contributed by atoms with Gasteiger partial charge in [0, 0.05) is 0 Å². The van der Waals surface area contributed by atoms with E-state index in [1.807, 2.05) is 54.6 Å². The smallest absolute Gasteiger partial charge is 0.350 e. The molecule has 0 aliphatic carbocycles. The lowest BCUT2D eigenvalue weighted by Gasteiger charge is -2.28. The van der Waals surface area contributed by atoms with Gasteiger partial charge in [-0.25, -0.2) is 14.5 Å². The van der Waals surface area contributed by atoms with Crippen LogP contribution in [0.4, 0.5) is 9.59 Å². The fraction of sp³-hybridized carbons (Fsp3) is 0.160. The third kappa shape index (κ3) is 4.36. The molecule has 0 spiro atoms. The van der Waals surface area contributed by atoms with E-state index >= 15 is 0 Å². The molecular formula is C25H22N4O5. The van der Waals surface area contributed by atoms with Crippen molar-refractivity contribution in [3.63, 3.8) is 0 Å².